The number of hydrogen-bond acceptors (Lipinski definition) is 2. The number of aromatic nitrogens is 2. The molecule has 1 aromatic carbocycles. The Labute approximate surface area is 146 Å². The molecule has 1 fully saturated rings. The zero-order valence-corrected chi connectivity index (χ0v) is 14.8. The van der Waals surface area contributed by atoms with Crippen LogP contribution in [-0.2, 0) is 23.7 Å². The van der Waals surface area contributed by atoms with E-state index in [9.17, 15) is 13.6 Å². The van der Waals surface area contributed by atoms with E-state index in [1.165, 1.54) is 18.2 Å². The Hall–Kier alpha value is -2.24. The molecule has 0 saturated heterocycles. The molecule has 134 valence electrons. The van der Waals surface area contributed by atoms with Gasteiger partial charge in [0.2, 0.25) is 5.91 Å². The quantitative estimate of drug-likeness (QED) is 0.903. The van der Waals surface area contributed by atoms with Crippen molar-refractivity contribution in [2.45, 2.75) is 44.9 Å². The fourth-order valence-corrected chi connectivity index (χ4v) is 3.69. The first-order valence-electron chi connectivity index (χ1n) is 8.54. The zero-order valence-electron chi connectivity index (χ0n) is 14.8. The van der Waals surface area contributed by atoms with Crippen molar-refractivity contribution >= 4 is 5.91 Å². The number of halogens is 2. The van der Waals surface area contributed by atoms with Crippen molar-refractivity contribution in [2.75, 3.05) is 6.54 Å². The molecule has 0 unspecified atom stereocenters. The van der Waals surface area contributed by atoms with Gasteiger partial charge in [-0.05, 0) is 38.8 Å². The van der Waals surface area contributed by atoms with E-state index >= 15 is 0 Å². The number of carbonyl (C=O) groups is 1. The minimum absolute atomic E-state index is 0.107. The number of rotatable bonds is 5. The molecule has 3 rings (SSSR count). The molecule has 0 atom stereocenters. The smallest absolute Gasteiger partial charge is 0.224 e. The average molecular weight is 347 g/mol. The van der Waals surface area contributed by atoms with Crippen molar-refractivity contribution in [3.63, 3.8) is 0 Å². The maximum absolute atomic E-state index is 14.2. The topological polar surface area (TPSA) is 46.9 Å². The van der Waals surface area contributed by atoms with Gasteiger partial charge < -0.3 is 5.32 Å². The van der Waals surface area contributed by atoms with Crippen LogP contribution in [0.25, 0.3) is 0 Å². The zero-order chi connectivity index (χ0) is 18.2. The molecule has 0 spiro atoms. The fraction of sp³-hybridized carbons (Fsp3) is 0.474. The van der Waals surface area contributed by atoms with Crippen LogP contribution in [0, 0.1) is 25.5 Å². The van der Waals surface area contributed by atoms with Gasteiger partial charge in [0.25, 0.3) is 0 Å². The van der Waals surface area contributed by atoms with Gasteiger partial charge in [0.15, 0.2) is 0 Å². The second-order valence-corrected chi connectivity index (χ2v) is 6.96. The van der Waals surface area contributed by atoms with E-state index in [2.05, 4.69) is 10.4 Å². The maximum Gasteiger partial charge on any atom is 0.224 e. The summed E-state index contributed by atoms with van der Waals surface area (Å²) in [5, 5.41) is 7.19. The second kappa shape index (κ2) is 6.58. The molecule has 0 aliphatic heterocycles. The highest BCUT2D eigenvalue weighted by Crippen LogP contribution is 2.45. The van der Waals surface area contributed by atoms with Gasteiger partial charge in [-0.3, -0.25) is 9.48 Å². The number of nitrogens with one attached hydrogen (secondary N) is 1. The molecule has 1 aliphatic rings. The molecule has 2 aromatic rings. The van der Waals surface area contributed by atoms with Gasteiger partial charge in [0.1, 0.15) is 11.6 Å². The predicted octanol–water partition coefficient (Wildman–Crippen LogP) is 3.10. The summed E-state index contributed by atoms with van der Waals surface area (Å²) in [5.41, 5.74) is 2.15. The van der Waals surface area contributed by atoms with E-state index in [-0.39, 0.29) is 24.4 Å². The van der Waals surface area contributed by atoms with Crippen molar-refractivity contribution in [1.82, 2.24) is 15.1 Å². The van der Waals surface area contributed by atoms with E-state index in [0.717, 1.165) is 23.4 Å². The summed E-state index contributed by atoms with van der Waals surface area (Å²) in [6, 6.07) is 3.93. The molecule has 1 amide bonds. The lowest BCUT2D eigenvalue weighted by atomic mass is 9.64. The summed E-state index contributed by atoms with van der Waals surface area (Å²) < 4.78 is 30.1. The monoisotopic (exact) mass is 347 g/mol. The standard InChI is InChI=1S/C19H23F2N3O/c1-12-14(13(2)24(3)23-12)10-17(25)22-11-19(8-5-9-19)18-15(20)6-4-7-16(18)21/h4,6-7H,5,8-11H2,1-3H3,(H,22,25). The maximum atomic E-state index is 14.2. The third-order valence-corrected chi connectivity index (χ3v) is 5.42. The Balaban J connectivity index is 1.72. The predicted molar refractivity (Wildman–Crippen MR) is 91.3 cm³/mol. The molecule has 25 heavy (non-hydrogen) atoms. The summed E-state index contributed by atoms with van der Waals surface area (Å²) in [5.74, 6) is -1.22. The second-order valence-electron chi connectivity index (χ2n) is 6.96. The summed E-state index contributed by atoms with van der Waals surface area (Å²) >= 11 is 0. The minimum Gasteiger partial charge on any atom is -0.355 e. The van der Waals surface area contributed by atoms with Gasteiger partial charge >= 0.3 is 0 Å². The van der Waals surface area contributed by atoms with Crippen molar-refractivity contribution in [3.8, 4) is 0 Å². The van der Waals surface area contributed by atoms with E-state index in [4.69, 9.17) is 0 Å². The Morgan fingerprint density at radius 3 is 2.40 bits per heavy atom. The Bertz CT molecular complexity index is 789. The van der Waals surface area contributed by atoms with Gasteiger partial charge in [-0.1, -0.05) is 12.5 Å². The first kappa shape index (κ1) is 17.6. The SMILES string of the molecule is Cc1nn(C)c(C)c1CC(=O)NCC1(c2c(F)cccc2F)CCC1. The van der Waals surface area contributed by atoms with Crippen LogP contribution in [-0.4, -0.2) is 22.2 Å². The van der Waals surface area contributed by atoms with Gasteiger partial charge in [-0.2, -0.15) is 5.10 Å². The normalized spacial score (nSPS) is 15.7. The van der Waals surface area contributed by atoms with Gasteiger partial charge in [-0.25, -0.2) is 8.78 Å². The first-order valence-corrected chi connectivity index (χ1v) is 8.54. The molecule has 1 heterocycles. The lowest BCUT2D eigenvalue weighted by molar-refractivity contribution is -0.120. The Kier molecular flexibility index (Phi) is 4.62. The van der Waals surface area contributed by atoms with Crippen LogP contribution in [0.15, 0.2) is 18.2 Å². The van der Waals surface area contributed by atoms with Crippen molar-refractivity contribution in [2.24, 2.45) is 7.05 Å². The fourth-order valence-electron chi connectivity index (χ4n) is 3.69. The van der Waals surface area contributed by atoms with Crippen LogP contribution in [0.4, 0.5) is 8.78 Å². The number of nitrogens with zero attached hydrogens (tertiary/aromatic N) is 2. The van der Waals surface area contributed by atoms with Crippen LogP contribution in [0.5, 0.6) is 0 Å². The highest BCUT2D eigenvalue weighted by molar-refractivity contribution is 5.79. The summed E-state index contributed by atoms with van der Waals surface area (Å²) in [7, 11) is 1.84. The minimum atomic E-state index is -0.635. The number of amides is 1. The van der Waals surface area contributed by atoms with Crippen LogP contribution >= 0.6 is 0 Å². The number of aryl methyl sites for hydroxylation is 2. The van der Waals surface area contributed by atoms with Crippen molar-refractivity contribution in [3.05, 3.63) is 52.3 Å². The first-order chi connectivity index (χ1) is 11.8. The molecule has 1 aromatic heterocycles. The molecular formula is C19H23F2N3O. The van der Waals surface area contributed by atoms with Gasteiger partial charge in [0.05, 0.1) is 12.1 Å². The molecule has 1 saturated carbocycles. The molecule has 1 N–H and O–H groups in total. The third kappa shape index (κ3) is 3.17. The van der Waals surface area contributed by atoms with Crippen LogP contribution in [0.1, 0.15) is 41.8 Å². The largest absolute Gasteiger partial charge is 0.355 e. The lowest BCUT2D eigenvalue weighted by Gasteiger charge is -2.42. The molecular weight excluding hydrogens is 324 g/mol. The Morgan fingerprint density at radius 2 is 1.92 bits per heavy atom. The molecule has 6 heteroatoms. The van der Waals surface area contributed by atoms with E-state index in [1.54, 1.807) is 4.68 Å². The van der Waals surface area contributed by atoms with E-state index < -0.39 is 17.0 Å². The van der Waals surface area contributed by atoms with E-state index in [1.807, 2.05) is 20.9 Å². The number of hydrogen-bond donors (Lipinski definition) is 1. The molecule has 0 bridgehead atoms. The van der Waals surface area contributed by atoms with Crippen LogP contribution < -0.4 is 5.32 Å². The van der Waals surface area contributed by atoms with Gasteiger partial charge in [0, 0.05) is 35.8 Å². The Morgan fingerprint density at radius 1 is 1.28 bits per heavy atom. The van der Waals surface area contributed by atoms with Crippen LogP contribution in [0.3, 0.4) is 0 Å². The third-order valence-electron chi connectivity index (χ3n) is 5.42. The highest BCUT2D eigenvalue weighted by atomic mass is 19.1. The van der Waals surface area contributed by atoms with Gasteiger partial charge in [-0.15, -0.1) is 0 Å². The summed E-state index contributed by atoms with van der Waals surface area (Å²) in [6.07, 6.45) is 2.48. The lowest BCUT2D eigenvalue weighted by Crippen LogP contribution is -2.47. The summed E-state index contributed by atoms with van der Waals surface area (Å²) in [6.45, 7) is 4.05. The van der Waals surface area contributed by atoms with E-state index in [0.29, 0.717) is 12.8 Å². The average Bonchev–Trinajstić information content (AvgIpc) is 2.75. The van der Waals surface area contributed by atoms with Crippen molar-refractivity contribution in [1.29, 1.82) is 0 Å². The molecule has 4 nitrogen and oxygen atoms in total. The van der Waals surface area contributed by atoms with Crippen LogP contribution in [0.2, 0.25) is 0 Å². The number of carbonyl (C=O) groups excluding carboxylic acids is 1. The highest BCUT2D eigenvalue weighted by Gasteiger charge is 2.42. The summed E-state index contributed by atoms with van der Waals surface area (Å²) in [4.78, 5) is 12.4. The molecule has 1 aliphatic carbocycles. The molecule has 0 radical (unpaired) electrons. The van der Waals surface area contributed by atoms with Crippen molar-refractivity contribution < 1.29 is 13.6 Å². The number of benzene rings is 1.